The standard InChI is InChI=1S/C13H17F3N2O/c14-13(15,16)11-5-2-6-17-12(11)18-8-9-3-1-4-10(19)7-9/h2,5-6,9-10,19H,1,3-4,7-8H2,(H,17,18). The number of hydrogen-bond acceptors (Lipinski definition) is 3. The molecule has 3 nitrogen and oxygen atoms in total. The van der Waals surface area contributed by atoms with E-state index < -0.39 is 11.7 Å². The zero-order valence-electron chi connectivity index (χ0n) is 10.5. The van der Waals surface area contributed by atoms with Crippen molar-refractivity contribution in [1.29, 1.82) is 0 Å². The maximum atomic E-state index is 12.8. The predicted molar refractivity (Wildman–Crippen MR) is 65.7 cm³/mol. The molecule has 1 aromatic heterocycles. The monoisotopic (exact) mass is 274 g/mol. The molecule has 1 aromatic rings. The summed E-state index contributed by atoms with van der Waals surface area (Å²) in [6.07, 6.45) is -0.114. The molecule has 0 aliphatic heterocycles. The Morgan fingerprint density at radius 1 is 1.37 bits per heavy atom. The Bertz CT molecular complexity index is 423. The van der Waals surface area contributed by atoms with Crippen molar-refractivity contribution in [2.24, 2.45) is 5.92 Å². The van der Waals surface area contributed by atoms with E-state index in [0.717, 1.165) is 25.3 Å². The van der Waals surface area contributed by atoms with Crippen molar-refractivity contribution < 1.29 is 18.3 Å². The van der Waals surface area contributed by atoms with E-state index in [1.54, 1.807) is 0 Å². The van der Waals surface area contributed by atoms with Gasteiger partial charge in [-0.15, -0.1) is 0 Å². The molecule has 0 radical (unpaired) electrons. The Morgan fingerprint density at radius 3 is 2.84 bits per heavy atom. The molecule has 2 unspecified atom stereocenters. The molecule has 0 saturated heterocycles. The van der Waals surface area contributed by atoms with Crippen molar-refractivity contribution in [1.82, 2.24) is 4.98 Å². The molecule has 1 aliphatic carbocycles. The Hall–Kier alpha value is -1.30. The van der Waals surface area contributed by atoms with Crippen LogP contribution in [-0.2, 0) is 6.18 Å². The number of aliphatic hydroxyl groups excluding tert-OH is 1. The van der Waals surface area contributed by atoms with Gasteiger partial charge in [0.1, 0.15) is 5.82 Å². The molecule has 106 valence electrons. The average molecular weight is 274 g/mol. The fraction of sp³-hybridized carbons (Fsp3) is 0.615. The summed E-state index contributed by atoms with van der Waals surface area (Å²) in [5.74, 6) is 0.0712. The number of anilines is 1. The van der Waals surface area contributed by atoms with Gasteiger partial charge in [-0.2, -0.15) is 13.2 Å². The van der Waals surface area contributed by atoms with Gasteiger partial charge < -0.3 is 10.4 Å². The van der Waals surface area contributed by atoms with Crippen molar-refractivity contribution in [3.63, 3.8) is 0 Å². The summed E-state index contributed by atoms with van der Waals surface area (Å²) in [6.45, 7) is 0.414. The molecule has 1 heterocycles. The van der Waals surface area contributed by atoms with Crippen LogP contribution in [0.3, 0.4) is 0 Å². The second kappa shape index (κ2) is 5.77. The fourth-order valence-corrected chi connectivity index (χ4v) is 2.46. The van der Waals surface area contributed by atoms with Crippen molar-refractivity contribution in [3.05, 3.63) is 23.9 Å². The molecule has 2 N–H and O–H groups in total. The van der Waals surface area contributed by atoms with E-state index >= 15 is 0 Å². The first-order chi connectivity index (χ1) is 8.97. The van der Waals surface area contributed by atoms with E-state index in [1.807, 2.05) is 0 Å². The number of hydrogen-bond donors (Lipinski definition) is 2. The summed E-state index contributed by atoms with van der Waals surface area (Å²) in [5, 5.41) is 12.3. The van der Waals surface area contributed by atoms with Gasteiger partial charge in [0.05, 0.1) is 11.7 Å². The van der Waals surface area contributed by atoms with Gasteiger partial charge in [-0.3, -0.25) is 0 Å². The van der Waals surface area contributed by atoms with Crippen LogP contribution in [0, 0.1) is 5.92 Å². The molecule has 19 heavy (non-hydrogen) atoms. The van der Waals surface area contributed by atoms with Gasteiger partial charge in [-0.1, -0.05) is 6.42 Å². The van der Waals surface area contributed by atoms with E-state index in [9.17, 15) is 18.3 Å². The molecule has 0 bridgehead atoms. The van der Waals surface area contributed by atoms with Crippen LogP contribution >= 0.6 is 0 Å². The zero-order valence-corrected chi connectivity index (χ0v) is 10.5. The van der Waals surface area contributed by atoms with Crippen LogP contribution in [0.2, 0.25) is 0 Å². The SMILES string of the molecule is OC1CCCC(CNc2ncccc2C(F)(F)F)C1. The molecule has 1 fully saturated rings. The minimum absolute atomic E-state index is 0.130. The number of halogens is 3. The lowest BCUT2D eigenvalue weighted by Crippen LogP contribution is -2.26. The Morgan fingerprint density at radius 2 is 2.16 bits per heavy atom. The Labute approximate surface area is 109 Å². The topological polar surface area (TPSA) is 45.1 Å². The minimum atomic E-state index is -4.40. The summed E-state index contributed by atoms with van der Waals surface area (Å²) < 4.78 is 38.3. The summed E-state index contributed by atoms with van der Waals surface area (Å²) >= 11 is 0. The normalized spacial score (nSPS) is 24.2. The summed E-state index contributed by atoms with van der Waals surface area (Å²) in [4.78, 5) is 3.75. The maximum absolute atomic E-state index is 12.8. The summed E-state index contributed by atoms with van der Waals surface area (Å²) in [7, 11) is 0. The van der Waals surface area contributed by atoms with Crippen LogP contribution < -0.4 is 5.32 Å². The highest BCUT2D eigenvalue weighted by atomic mass is 19.4. The van der Waals surface area contributed by atoms with Crippen LogP contribution in [0.15, 0.2) is 18.3 Å². The largest absolute Gasteiger partial charge is 0.419 e. The van der Waals surface area contributed by atoms with E-state index in [1.165, 1.54) is 12.3 Å². The van der Waals surface area contributed by atoms with Crippen molar-refractivity contribution in [3.8, 4) is 0 Å². The third-order valence-electron chi connectivity index (χ3n) is 3.43. The molecule has 0 amide bonds. The number of alkyl halides is 3. The summed E-state index contributed by atoms with van der Waals surface area (Å²) in [6, 6.07) is 2.30. The van der Waals surface area contributed by atoms with Crippen LogP contribution in [0.1, 0.15) is 31.2 Å². The number of pyridine rings is 1. The summed E-state index contributed by atoms with van der Waals surface area (Å²) in [5.41, 5.74) is -0.744. The molecular weight excluding hydrogens is 257 g/mol. The predicted octanol–water partition coefficient (Wildman–Crippen LogP) is 3.06. The number of nitrogens with zero attached hydrogens (tertiary/aromatic N) is 1. The maximum Gasteiger partial charge on any atom is 0.419 e. The van der Waals surface area contributed by atoms with Crippen molar-refractivity contribution in [2.45, 2.75) is 38.0 Å². The number of nitrogens with one attached hydrogen (secondary N) is 1. The van der Waals surface area contributed by atoms with E-state index in [0.29, 0.717) is 13.0 Å². The molecular formula is C13H17F3N2O. The number of rotatable bonds is 3. The van der Waals surface area contributed by atoms with Crippen LogP contribution in [0.5, 0.6) is 0 Å². The average Bonchev–Trinajstić information content (AvgIpc) is 2.36. The lowest BCUT2D eigenvalue weighted by Gasteiger charge is -2.26. The van der Waals surface area contributed by atoms with Crippen LogP contribution in [0.4, 0.5) is 19.0 Å². The first-order valence-electron chi connectivity index (χ1n) is 6.41. The molecule has 2 atom stereocenters. The molecule has 0 aromatic carbocycles. The highest BCUT2D eigenvalue weighted by Gasteiger charge is 2.34. The molecule has 6 heteroatoms. The van der Waals surface area contributed by atoms with Crippen molar-refractivity contribution in [2.75, 3.05) is 11.9 Å². The van der Waals surface area contributed by atoms with Gasteiger partial charge in [-0.05, 0) is 37.3 Å². The zero-order chi connectivity index (χ0) is 13.9. The molecule has 1 saturated carbocycles. The second-order valence-electron chi connectivity index (χ2n) is 4.96. The first-order valence-corrected chi connectivity index (χ1v) is 6.41. The van der Waals surface area contributed by atoms with Crippen LogP contribution in [-0.4, -0.2) is 22.7 Å². The van der Waals surface area contributed by atoms with Gasteiger partial charge in [0, 0.05) is 12.7 Å². The lowest BCUT2D eigenvalue weighted by atomic mass is 9.87. The molecule has 0 spiro atoms. The van der Waals surface area contributed by atoms with Gasteiger partial charge in [0.2, 0.25) is 0 Å². The third-order valence-corrected chi connectivity index (χ3v) is 3.43. The van der Waals surface area contributed by atoms with E-state index in [-0.39, 0.29) is 17.8 Å². The Kier molecular flexibility index (Phi) is 4.29. The highest BCUT2D eigenvalue weighted by Crippen LogP contribution is 2.34. The fourth-order valence-electron chi connectivity index (χ4n) is 2.46. The van der Waals surface area contributed by atoms with Gasteiger partial charge in [0.15, 0.2) is 0 Å². The quantitative estimate of drug-likeness (QED) is 0.890. The van der Waals surface area contributed by atoms with Gasteiger partial charge in [-0.25, -0.2) is 4.98 Å². The lowest BCUT2D eigenvalue weighted by molar-refractivity contribution is -0.137. The third kappa shape index (κ3) is 3.83. The number of aliphatic hydroxyl groups is 1. The number of aromatic nitrogens is 1. The second-order valence-corrected chi connectivity index (χ2v) is 4.96. The van der Waals surface area contributed by atoms with E-state index in [2.05, 4.69) is 10.3 Å². The highest BCUT2D eigenvalue weighted by molar-refractivity contribution is 5.45. The minimum Gasteiger partial charge on any atom is -0.393 e. The van der Waals surface area contributed by atoms with Crippen LogP contribution in [0.25, 0.3) is 0 Å². The van der Waals surface area contributed by atoms with Gasteiger partial charge in [0.25, 0.3) is 0 Å². The first kappa shape index (κ1) is 14.1. The van der Waals surface area contributed by atoms with Crippen molar-refractivity contribution >= 4 is 5.82 Å². The smallest absolute Gasteiger partial charge is 0.393 e. The molecule has 2 rings (SSSR count). The van der Waals surface area contributed by atoms with Gasteiger partial charge >= 0.3 is 6.18 Å². The van der Waals surface area contributed by atoms with E-state index in [4.69, 9.17) is 0 Å². The molecule has 1 aliphatic rings. The Balaban J connectivity index is 1.99.